The topological polar surface area (TPSA) is 123 Å². The van der Waals surface area contributed by atoms with Crippen LogP contribution in [-0.2, 0) is 36.8 Å². The van der Waals surface area contributed by atoms with Crippen LogP contribution in [0.25, 0.3) is 11.2 Å². The molecule has 0 aliphatic heterocycles. The minimum atomic E-state index is -0.829. The van der Waals surface area contributed by atoms with Gasteiger partial charge >= 0.3 is 17.9 Å². The Hall–Kier alpha value is -3.82. The zero-order valence-electron chi connectivity index (χ0n) is 19.2. The molecule has 0 spiro atoms. The lowest BCUT2D eigenvalue weighted by atomic mass is 10.1. The fourth-order valence-corrected chi connectivity index (χ4v) is 4.02. The number of rotatable bonds is 9. The van der Waals surface area contributed by atoms with E-state index in [-0.39, 0.29) is 12.5 Å². The van der Waals surface area contributed by atoms with Crippen molar-refractivity contribution in [3.05, 3.63) is 54.2 Å². The summed E-state index contributed by atoms with van der Waals surface area (Å²) in [5.41, 5.74) is 2.49. The van der Waals surface area contributed by atoms with E-state index in [2.05, 4.69) is 15.0 Å². The molecule has 4 atom stereocenters. The van der Waals surface area contributed by atoms with Gasteiger partial charge in [-0.25, -0.2) is 19.7 Å². The summed E-state index contributed by atoms with van der Waals surface area (Å²) in [7, 11) is 0. The Morgan fingerprint density at radius 3 is 2.47 bits per heavy atom. The third kappa shape index (κ3) is 5.22. The lowest BCUT2D eigenvalue weighted by molar-refractivity contribution is -0.169. The van der Waals surface area contributed by atoms with E-state index in [0.29, 0.717) is 29.6 Å². The normalized spacial score (nSPS) is 18.7. The molecular formula is C24H26N4O6. The van der Waals surface area contributed by atoms with E-state index in [1.807, 2.05) is 13.0 Å². The average Bonchev–Trinajstić information content (AvgIpc) is 3.45. The Labute approximate surface area is 196 Å². The fraction of sp³-hybridized carbons (Fsp3) is 0.417. The van der Waals surface area contributed by atoms with Crippen LogP contribution in [0.3, 0.4) is 0 Å². The molecule has 2 heterocycles. The largest absolute Gasteiger partial charge is 0.458 e. The molecule has 0 radical (unpaired) electrons. The summed E-state index contributed by atoms with van der Waals surface area (Å²) in [6.07, 6.45) is 2.15. The molecule has 0 amide bonds. The van der Waals surface area contributed by atoms with Crippen molar-refractivity contribution in [2.75, 3.05) is 0 Å². The van der Waals surface area contributed by atoms with Crippen LogP contribution in [-0.4, -0.2) is 55.7 Å². The number of imidazole rings is 1. The highest BCUT2D eigenvalue weighted by molar-refractivity contribution is 5.89. The Balaban J connectivity index is 1.55. The van der Waals surface area contributed by atoms with Crippen molar-refractivity contribution >= 4 is 29.1 Å². The highest BCUT2D eigenvalue weighted by Gasteiger charge is 2.52. The number of nitrogens with zero attached hydrogens (tertiary/aromatic N) is 4. The number of hydrogen-bond donors (Lipinski definition) is 0. The van der Waals surface area contributed by atoms with E-state index in [0.717, 1.165) is 5.69 Å². The van der Waals surface area contributed by atoms with Gasteiger partial charge in [-0.1, -0.05) is 25.1 Å². The summed E-state index contributed by atoms with van der Waals surface area (Å²) < 4.78 is 18.5. The maximum absolute atomic E-state index is 12.5. The second kappa shape index (κ2) is 9.98. The molecule has 0 N–H and O–H groups in total. The van der Waals surface area contributed by atoms with Crippen LogP contribution in [0.1, 0.15) is 43.2 Å². The standard InChI is InChI=1S/C24H26N4O6/c1-4-18-21-23(26-12-25-18)28(13-27-21)11-20(32-14(2)29)22(33-15(3)30)17-10-19(17)34-24(31)16-8-6-5-7-9-16/h5-9,12-13,17,19-20,22H,4,10-11H2,1-3H3/t17?,19-,20-,22?/m1/s1. The third-order valence-electron chi connectivity index (χ3n) is 5.64. The number of fused-ring (bicyclic) bond motifs is 1. The van der Waals surface area contributed by atoms with Crippen molar-refractivity contribution in [2.24, 2.45) is 5.92 Å². The van der Waals surface area contributed by atoms with Crippen LogP contribution in [0.4, 0.5) is 0 Å². The van der Waals surface area contributed by atoms with E-state index in [1.54, 1.807) is 35.2 Å². The van der Waals surface area contributed by atoms with Gasteiger partial charge in [-0.3, -0.25) is 9.59 Å². The number of hydrogen-bond acceptors (Lipinski definition) is 9. The Morgan fingerprint density at radius 1 is 1.06 bits per heavy atom. The van der Waals surface area contributed by atoms with Gasteiger partial charge in [0.25, 0.3) is 0 Å². The van der Waals surface area contributed by atoms with E-state index in [9.17, 15) is 14.4 Å². The molecule has 0 bridgehead atoms. The first-order chi connectivity index (χ1) is 16.4. The van der Waals surface area contributed by atoms with Crippen molar-refractivity contribution in [1.82, 2.24) is 19.5 Å². The molecule has 10 heteroatoms. The molecule has 10 nitrogen and oxygen atoms in total. The molecule has 1 aliphatic rings. The summed E-state index contributed by atoms with van der Waals surface area (Å²) in [5.74, 6) is -1.80. The minimum absolute atomic E-state index is 0.157. The predicted octanol–water partition coefficient (Wildman–Crippen LogP) is 2.50. The van der Waals surface area contributed by atoms with Crippen LogP contribution in [0.5, 0.6) is 0 Å². The van der Waals surface area contributed by atoms with Crippen LogP contribution < -0.4 is 0 Å². The van der Waals surface area contributed by atoms with Gasteiger partial charge in [0.15, 0.2) is 11.8 Å². The molecule has 1 aliphatic carbocycles. The van der Waals surface area contributed by atoms with Gasteiger partial charge in [-0.2, -0.15) is 0 Å². The quantitative estimate of drug-likeness (QED) is 0.346. The summed E-state index contributed by atoms with van der Waals surface area (Å²) in [5, 5.41) is 0. The fourth-order valence-electron chi connectivity index (χ4n) is 4.02. The maximum Gasteiger partial charge on any atom is 0.338 e. The molecule has 1 saturated carbocycles. The van der Waals surface area contributed by atoms with Crippen LogP contribution >= 0.6 is 0 Å². The van der Waals surface area contributed by atoms with E-state index < -0.39 is 36.2 Å². The number of carbonyl (C=O) groups is 3. The number of benzene rings is 1. The highest BCUT2D eigenvalue weighted by atomic mass is 16.6. The number of aromatic nitrogens is 4. The molecule has 178 valence electrons. The first kappa shape index (κ1) is 23.3. The summed E-state index contributed by atoms with van der Waals surface area (Å²) in [6.45, 7) is 4.72. The SMILES string of the molecule is CCc1ncnc2c1ncn2C[C@@H](OC(C)=O)C(OC(C)=O)C1C[C@H]1OC(=O)c1ccccc1. The molecule has 1 aromatic carbocycles. The molecule has 0 saturated heterocycles. The van der Waals surface area contributed by atoms with Gasteiger partial charge in [0.05, 0.1) is 24.1 Å². The smallest absolute Gasteiger partial charge is 0.338 e. The van der Waals surface area contributed by atoms with Crippen molar-refractivity contribution in [2.45, 2.75) is 58.5 Å². The lowest BCUT2D eigenvalue weighted by Gasteiger charge is -2.27. The van der Waals surface area contributed by atoms with Crippen LogP contribution in [0, 0.1) is 5.92 Å². The molecule has 2 aromatic heterocycles. The van der Waals surface area contributed by atoms with Gasteiger partial charge < -0.3 is 18.8 Å². The number of carbonyl (C=O) groups excluding carboxylic acids is 3. The Bertz CT molecular complexity index is 1190. The summed E-state index contributed by atoms with van der Waals surface area (Å²) in [6, 6.07) is 8.65. The number of aryl methyl sites for hydroxylation is 1. The van der Waals surface area contributed by atoms with Crippen molar-refractivity contribution in [1.29, 1.82) is 0 Å². The second-order valence-electron chi connectivity index (χ2n) is 8.17. The van der Waals surface area contributed by atoms with E-state index in [4.69, 9.17) is 14.2 Å². The monoisotopic (exact) mass is 466 g/mol. The molecular weight excluding hydrogens is 440 g/mol. The van der Waals surface area contributed by atoms with Crippen LogP contribution in [0.2, 0.25) is 0 Å². The average molecular weight is 466 g/mol. The summed E-state index contributed by atoms with van der Waals surface area (Å²) >= 11 is 0. The first-order valence-electron chi connectivity index (χ1n) is 11.1. The van der Waals surface area contributed by atoms with E-state index >= 15 is 0 Å². The maximum atomic E-state index is 12.5. The zero-order valence-corrected chi connectivity index (χ0v) is 19.2. The van der Waals surface area contributed by atoms with Crippen molar-refractivity contribution in [3.63, 3.8) is 0 Å². The lowest BCUT2D eigenvalue weighted by Crippen LogP contribution is -2.40. The number of esters is 3. The zero-order chi connectivity index (χ0) is 24.2. The number of ether oxygens (including phenoxy) is 3. The van der Waals surface area contributed by atoms with E-state index in [1.165, 1.54) is 20.2 Å². The van der Waals surface area contributed by atoms with Gasteiger partial charge in [-0.05, 0) is 25.0 Å². The second-order valence-corrected chi connectivity index (χ2v) is 8.17. The Kier molecular flexibility index (Phi) is 6.85. The Morgan fingerprint density at radius 2 is 1.79 bits per heavy atom. The molecule has 1 fully saturated rings. The molecule has 4 rings (SSSR count). The predicted molar refractivity (Wildman–Crippen MR) is 120 cm³/mol. The molecule has 3 aromatic rings. The van der Waals surface area contributed by atoms with Crippen molar-refractivity contribution < 1.29 is 28.6 Å². The van der Waals surface area contributed by atoms with Crippen LogP contribution in [0.15, 0.2) is 43.0 Å². The minimum Gasteiger partial charge on any atom is -0.458 e. The van der Waals surface area contributed by atoms with Gasteiger partial charge in [0.1, 0.15) is 24.1 Å². The summed E-state index contributed by atoms with van der Waals surface area (Å²) in [4.78, 5) is 49.3. The van der Waals surface area contributed by atoms with Gasteiger partial charge in [-0.15, -0.1) is 0 Å². The third-order valence-corrected chi connectivity index (χ3v) is 5.64. The molecule has 34 heavy (non-hydrogen) atoms. The first-order valence-corrected chi connectivity index (χ1v) is 11.1. The van der Waals surface area contributed by atoms with Gasteiger partial charge in [0, 0.05) is 19.8 Å². The van der Waals surface area contributed by atoms with Crippen molar-refractivity contribution in [3.8, 4) is 0 Å². The highest BCUT2D eigenvalue weighted by Crippen LogP contribution is 2.41. The van der Waals surface area contributed by atoms with Gasteiger partial charge in [0.2, 0.25) is 0 Å². The molecule has 2 unspecified atom stereocenters.